The lowest BCUT2D eigenvalue weighted by atomic mass is 10.3. The molecule has 1 fully saturated rings. The molecule has 0 unspecified atom stereocenters. The van der Waals surface area contributed by atoms with Crippen molar-refractivity contribution in [1.82, 2.24) is 25.5 Å². The minimum absolute atomic E-state index is 0. The van der Waals surface area contributed by atoms with Crippen molar-refractivity contribution in [2.45, 2.75) is 19.3 Å². The average molecular weight is 507 g/mol. The molecule has 1 aliphatic rings. The maximum absolute atomic E-state index is 4.34. The van der Waals surface area contributed by atoms with E-state index < -0.39 is 0 Å². The Morgan fingerprint density at radius 3 is 2.37 bits per heavy atom. The summed E-state index contributed by atoms with van der Waals surface area (Å²) in [7, 11) is 1.84. The molecule has 2 rings (SSSR count). The van der Waals surface area contributed by atoms with Gasteiger partial charge in [-0.05, 0) is 43.9 Å². The first-order valence-electron chi connectivity index (χ1n) is 9.51. The van der Waals surface area contributed by atoms with Crippen LogP contribution in [0.3, 0.4) is 0 Å². The SMILES string of the molecule is CN=C(NCCCCSC)NCCCN1CCN(c2ncccn2)CC1.I. The molecule has 1 aromatic heterocycles. The van der Waals surface area contributed by atoms with Gasteiger partial charge in [0.2, 0.25) is 5.95 Å². The first-order chi connectivity index (χ1) is 12.8. The van der Waals surface area contributed by atoms with E-state index in [0.29, 0.717) is 0 Å². The zero-order valence-electron chi connectivity index (χ0n) is 16.6. The number of aromatic nitrogens is 2. The third-order valence-corrected chi connectivity index (χ3v) is 5.14. The van der Waals surface area contributed by atoms with Crippen LogP contribution in [-0.2, 0) is 0 Å². The lowest BCUT2D eigenvalue weighted by molar-refractivity contribution is 0.254. The minimum atomic E-state index is 0. The van der Waals surface area contributed by atoms with Crippen molar-refractivity contribution in [3.63, 3.8) is 0 Å². The summed E-state index contributed by atoms with van der Waals surface area (Å²) in [6.45, 7) is 7.19. The van der Waals surface area contributed by atoms with Crippen LogP contribution >= 0.6 is 35.7 Å². The summed E-state index contributed by atoms with van der Waals surface area (Å²) < 4.78 is 0. The zero-order valence-corrected chi connectivity index (χ0v) is 19.7. The molecule has 2 N–H and O–H groups in total. The fraction of sp³-hybridized carbons (Fsp3) is 0.722. The molecule has 0 spiro atoms. The van der Waals surface area contributed by atoms with E-state index >= 15 is 0 Å². The molecule has 0 atom stereocenters. The van der Waals surface area contributed by atoms with Crippen LogP contribution in [0.1, 0.15) is 19.3 Å². The van der Waals surface area contributed by atoms with E-state index in [-0.39, 0.29) is 24.0 Å². The molecular weight excluding hydrogens is 473 g/mol. The van der Waals surface area contributed by atoms with Gasteiger partial charge in [-0.2, -0.15) is 11.8 Å². The van der Waals surface area contributed by atoms with Gasteiger partial charge in [0.25, 0.3) is 0 Å². The van der Waals surface area contributed by atoms with Crippen LogP contribution in [0.4, 0.5) is 5.95 Å². The normalized spacial score (nSPS) is 15.3. The number of halogens is 1. The monoisotopic (exact) mass is 507 g/mol. The summed E-state index contributed by atoms with van der Waals surface area (Å²) >= 11 is 1.91. The molecule has 0 radical (unpaired) electrons. The second-order valence-corrected chi connectivity index (χ2v) is 7.34. The highest BCUT2D eigenvalue weighted by Gasteiger charge is 2.18. The van der Waals surface area contributed by atoms with E-state index in [9.17, 15) is 0 Å². The first-order valence-corrected chi connectivity index (χ1v) is 10.9. The molecule has 0 aromatic carbocycles. The third kappa shape index (κ3) is 9.79. The summed E-state index contributed by atoms with van der Waals surface area (Å²) in [5, 5.41) is 6.80. The van der Waals surface area contributed by atoms with Gasteiger partial charge in [-0.25, -0.2) is 9.97 Å². The van der Waals surface area contributed by atoms with Crippen molar-refractivity contribution >= 4 is 47.6 Å². The van der Waals surface area contributed by atoms with Gasteiger partial charge in [-0.1, -0.05) is 0 Å². The molecule has 1 aromatic rings. The summed E-state index contributed by atoms with van der Waals surface area (Å²) in [6.07, 6.45) is 9.34. The molecule has 9 heteroatoms. The number of piperazine rings is 1. The Morgan fingerprint density at radius 1 is 1.07 bits per heavy atom. The van der Waals surface area contributed by atoms with E-state index in [4.69, 9.17) is 0 Å². The van der Waals surface area contributed by atoms with Crippen molar-refractivity contribution < 1.29 is 0 Å². The van der Waals surface area contributed by atoms with Crippen molar-refractivity contribution in [3.8, 4) is 0 Å². The second-order valence-electron chi connectivity index (χ2n) is 6.36. The van der Waals surface area contributed by atoms with Gasteiger partial charge in [0.05, 0.1) is 0 Å². The summed E-state index contributed by atoms with van der Waals surface area (Å²) in [6, 6.07) is 1.86. The molecule has 7 nitrogen and oxygen atoms in total. The predicted octanol–water partition coefficient (Wildman–Crippen LogP) is 1.91. The Kier molecular flexibility index (Phi) is 13.6. The largest absolute Gasteiger partial charge is 0.356 e. The molecule has 0 aliphatic carbocycles. The van der Waals surface area contributed by atoms with Crippen molar-refractivity contribution in [1.29, 1.82) is 0 Å². The van der Waals surface area contributed by atoms with Gasteiger partial charge in [0.1, 0.15) is 0 Å². The summed E-state index contributed by atoms with van der Waals surface area (Å²) in [4.78, 5) is 17.7. The van der Waals surface area contributed by atoms with Crippen LogP contribution in [0.15, 0.2) is 23.5 Å². The Labute approximate surface area is 185 Å². The van der Waals surface area contributed by atoms with Crippen molar-refractivity contribution in [3.05, 3.63) is 18.5 Å². The van der Waals surface area contributed by atoms with Gasteiger partial charge in [-0.3, -0.25) is 9.89 Å². The van der Waals surface area contributed by atoms with Gasteiger partial charge >= 0.3 is 0 Å². The lowest BCUT2D eigenvalue weighted by Gasteiger charge is -2.34. The smallest absolute Gasteiger partial charge is 0.225 e. The minimum Gasteiger partial charge on any atom is -0.356 e. The number of guanidine groups is 1. The number of unbranched alkanes of at least 4 members (excludes halogenated alkanes) is 1. The van der Waals surface area contributed by atoms with Gasteiger partial charge in [0, 0.05) is 58.7 Å². The third-order valence-electron chi connectivity index (χ3n) is 4.44. The number of aliphatic imine (C=N–C) groups is 1. The molecule has 1 aliphatic heterocycles. The quantitative estimate of drug-likeness (QED) is 0.217. The number of hydrogen-bond donors (Lipinski definition) is 2. The zero-order chi connectivity index (χ0) is 18.5. The van der Waals surface area contributed by atoms with E-state index in [1.165, 1.54) is 18.6 Å². The summed E-state index contributed by atoms with van der Waals surface area (Å²) in [5.41, 5.74) is 0. The standard InChI is InChI=1S/C18H33N7S.HI/c1-19-17(20-7-3-4-16-26-2)21-10-6-11-24-12-14-25(15-13-24)18-22-8-5-9-23-18;/h5,8-9H,3-4,6-7,10-16H2,1-2H3,(H2,19,20,21);1H. The Hall–Kier alpha value is -0.810. The van der Waals surface area contributed by atoms with Crippen molar-refractivity contribution in [2.75, 3.05) is 69.8 Å². The molecule has 0 saturated carbocycles. The van der Waals surface area contributed by atoms with Crippen LogP contribution < -0.4 is 15.5 Å². The lowest BCUT2D eigenvalue weighted by Crippen LogP contribution is -2.47. The molecular formula is C18H34IN7S. The number of thioether (sulfide) groups is 1. The van der Waals surface area contributed by atoms with Crippen molar-refractivity contribution in [2.24, 2.45) is 4.99 Å². The highest BCUT2D eigenvalue weighted by atomic mass is 127. The Bertz CT molecular complexity index is 510. The van der Waals surface area contributed by atoms with Crippen LogP contribution in [0.25, 0.3) is 0 Å². The molecule has 1 saturated heterocycles. The van der Waals surface area contributed by atoms with Crippen LogP contribution in [0.2, 0.25) is 0 Å². The van der Waals surface area contributed by atoms with Crippen LogP contribution in [-0.4, -0.2) is 85.7 Å². The van der Waals surface area contributed by atoms with Gasteiger partial charge < -0.3 is 15.5 Å². The fourth-order valence-electron chi connectivity index (χ4n) is 2.93. The Balaban J connectivity index is 0.00000364. The highest BCUT2D eigenvalue weighted by Crippen LogP contribution is 2.09. The Morgan fingerprint density at radius 2 is 1.74 bits per heavy atom. The summed E-state index contributed by atoms with van der Waals surface area (Å²) in [5.74, 6) is 3.00. The molecule has 0 bridgehead atoms. The van der Waals surface area contributed by atoms with Gasteiger partial charge in [0.15, 0.2) is 5.96 Å². The number of rotatable bonds is 10. The number of nitrogens with zero attached hydrogens (tertiary/aromatic N) is 5. The number of nitrogens with one attached hydrogen (secondary N) is 2. The predicted molar refractivity (Wildman–Crippen MR) is 128 cm³/mol. The van der Waals surface area contributed by atoms with Crippen LogP contribution in [0.5, 0.6) is 0 Å². The molecule has 27 heavy (non-hydrogen) atoms. The van der Waals surface area contributed by atoms with E-state index in [1.807, 2.05) is 37.3 Å². The number of hydrogen-bond acceptors (Lipinski definition) is 6. The van der Waals surface area contributed by atoms with E-state index in [0.717, 1.165) is 64.1 Å². The highest BCUT2D eigenvalue weighted by molar-refractivity contribution is 14.0. The first kappa shape index (κ1) is 24.2. The van der Waals surface area contributed by atoms with E-state index in [2.05, 4.69) is 41.6 Å². The number of anilines is 1. The van der Waals surface area contributed by atoms with Crippen LogP contribution in [0, 0.1) is 0 Å². The maximum Gasteiger partial charge on any atom is 0.225 e. The maximum atomic E-state index is 4.34. The van der Waals surface area contributed by atoms with E-state index in [1.54, 1.807) is 0 Å². The topological polar surface area (TPSA) is 68.7 Å². The molecule has 0 amide bonds. The van der Waals surface area contributed by atoms with Gasteiger partial charge in [-0.15, -0.1) is 24.0 Å². The molecule has 154 valence electrons. The average Bonchev–Trinajstić information content (AvgIpc) is 2.70. The second kappa shape index (κ2) is 15.2. The fourth-order valence-corrected chi connectivity index (χ4v) is 3.43. The molecule has 2 heterocycles.